The Morgan fingerprint density at radius 2 is 2.12 bits per heavy atom. The fourth-order valence-electron chi connectivity index (χ4n) is 2.47. The maximum Gasteiger partial charge on any atom is 0.253 e. The number of amides is 1. The van der Waals surface area contributed by atoms with Gasteiger partial charge in [0.15, 0.2) is 0 Å². The maximum atomic E-state index is 12.4. The smallest absolute Gasteiger partial charge is 0.253 e. The summed E-state index contributed by atoms with van der Waals surface area (Å²) in [7, 11) is 0. The fourth-order valence-corrected chi connectivity index (χ4v) is 2.47. The molecule has 3 rings (SSSR count). The van der Waals surface area contributed by atoms with Crippen molar-refractivity contribution in [1.29, 1.82) is 0 Å². The van der Waals surface area contributed by atoms with Gasteiger partial charge in [0.1, 0.15) is 12.1 Å². The van der Waals surface area contributed by atoms with Gasteiger partial charge < -0.3 is 10.3 Å². The van der Waals surface area contributed by atoms with Gasteiger partial charge in [-0.15, -0.1) is 0 Å². The van der Waals surface area contributed by atoms with E-state index >= 15 is 0 Å². The number of aryl methyl sites for hydroxylation is 2. The number of carbonyl (C=O) groups is 1. The van der Waals surface area contributed by atoms with Crippen LogP contribution < -0.4 is 10.9 Å². The van der Waals surface area contributed by atoms with E-state index in [1.54, 1.807) is 41.6 Å². The minimum absolute atomic E-state index is 0.170. The van der Waals surface area contributed by atoms with Gasteiger partial charge >= 0.3 is 0 Å². The molecule has 7 nitrogen and oxygen atoms in total. The number of nitrogens with one attached hydrogen (secondary N) is 2. The number of hydrogen-bond donors (Lipinski definition) is 2. The molecule has 0 bridgehead atoms. The number of pyridine rings is 2. The molecule has 0 aliphatic rings. The molecule has 0 fully saturated rings. The van der Waals surface area contributed by atoms with Gasteiger partial charge in [0, 0.05) is 42.0 Å². The Bertz CT molecular complexity index is 928. The van der Waals surface area contributed by atoms with Gasteiger partial charge in [0.25, 0.3) is 11.5 Å². The number of aromatic amines is 1. The van der Waals surface area contributed by atoms with Crippen LogP contribution in [0.5, 0.6) is 0 Å². The zero-order chi connectivity index (χ0) is 17.1. The molecule has 122 valence electrons. The summed E-state index contributed by atoms with van der Waals surface area (Å²) in [5.41, 5.74) is 2.49. The lowest BCUT2D eigenvalue weighted by Gasteiger charge is -2.09. The van der Waals surface area contributed by atoms with Crippen molar-refractivity contribution < 1.29 is 4.79 Å². The average Bonchev–Trinajstić information content (AvgIpc) is 3.08. The summed E-state index contributed by atoms with van der Waals surface area (Å²) < 4.78 is 1.71. The van der Waals surface area contributed by atoms with Gasteiger partial charge in [-0.2, -0.15) is 0 Å². The Morgan fingerprint density at radius 3 is 2.83 bits per heavy atom. The lowest BCUT2D eigenvalue weighted by Crippen LogP contribution is -2.28. The number of aromatic nitrogens is 4. The molecular weight excluding hydrogens is 306 g/mol. The highest BCUT2D eigenvalue weighted by atomic mass is 16.1. The number of carbonyl (C=O) groups excluding carboxylic acids is 1. The van der Waals surface area contributed by atoms with Crippen LogP contribution in [0, 0.1) is 13.8 Å². The summed E-state index contributed by atoms with van der Waals surface area (Å²) in [5.74, 6) is 0.336. The Hall–Kier alpha value is -3.22. The molecular formula is C17H17N5O2. The lowest BCUT2D eigenvalue weighted by atomic mass is 10.1. The Balaban J connectivity index is 1.77. The summed E-state index contributed by atoms with van der Waals surface area (Å²) >= 11 is 0. The summed E-state index contributed by atoms with van der Waals surface area (Å²) in [5, 5.41) is 2.78. The van der Waals surface area contributed by atoms with Gasteiger partial charge in [-0.05, 0) is 37.6 Å². The van der Waals surface area contributed by atoms with Crippen molar-refractivity contribution in [2.75, 3.05) is 0 Å². The van der Waals surface area contributed by atoms with E-state index in [0.29, 0.717) is 16.9 Å². The van der Waals surface area contributed by atoms with Crippen molar-refractivity contribution in [3.8, 4) is 5.82 Å². The van der Waals surface area contributed by atoms with Gasteiger partial charge in [0.2, 0.25) is 0 Å². The molecule has 3 aromatic rings. The third-order valence-electron chi connectivity index (χ3n) is 3.70. The van der Waals surface area contributed by atoms with E-state index < -0.39 is 0 Å². The van der Waals surface area contributed by atoms with E-state index in [4.69, 9.17) is 0 Å². The van der Waals surface area contributed by atoms with Crippen molar-refractivity contribution in [3.05, 3.63) is 75.9 Å². The zero-order valence-electron chi connectivity index (χ0n) is 13.4. The number of imidazole rings is 1. The quantitative estimate of drug-likeness (QED) is 0.761. The summed E-state index contributed by atoms with van der Waals surface area (Å²) in [4.78, 5) is 35.3. The predicted octanol–water partition coefficient (Wildman–Crippen LogP) is 1.50. The Kier molecular flexibility index (Phi) is 4.24. The van der Waals surface area contributed by atoms with E-state index in [9.17, 15) is 9.59 Å². The number of nitrogens with zero attached hydrogens (tertiary/aromatic N) is 3. The second-order valence-corrected chi connectivity index (χ2v) is 5.50. The van der Waals surface area contributed by atoms with Gasteiger partial charge in [-0.3, -0.25) is 14.2 Å². The highest BCUT2D eigenvalue weighted by Crippen LogP contribution is 2.08. The van der Waals surface area contributed by atoms with Gasteiger partial charge in [-0.25, -0.2) is 9.97 Å². The molecule has 24 heavy (non-hydrogen) atoms. The first-order chi connectivity index (χ1) is 11.5. The second-order valence-electron chi connectivity index (χ2n) is 5.50. The molecule has 0 spiro atoms. The van der Waals surface area contributed by atoms with Crippen LogP contribution in [-0.4, -0.2) is 25.4 Å². The molecule has 0 aliphatic carbocycles. The molecule has 2 N–H and O–H groups in total. The van der Waals surface area contributed by atoms with Gasteiger partial charge in [0.05, 0.1) is 0 Å². The maximum absolute atomic E-state index is 12.4. The normalized spacial score (nSPS) is 10.6. The average molecular weight is 323 g/mol. The standard InChI is InChI=1S/C17H17N5O2/c1-11-7-12(2)21-17(24)14(11)9-20-16(23)13-3-4-19-15(8-13)22-6-5-18-10-22/h3-8,10H,9H2,1-2H3,(H,20,23)(H,21,24). The van der Waals surface area contributed by atoms with Crippen molar-refractivity contribution >= 4 is 5.91 Å². The van der Waals surface area contributed by atoms with E-state index in [0.717, 1.165) is 11.3 Å². The van der Waals surface area contributed by atoms with Gasteiger partial charge in [-0.1, -0.05) is 0 Å². The fraction of sp³-hybridized carbons (Fsp3) is 0.176. The largest absolute Gasteiger partial charge is 0.348 e. The molecule has 0 atom stereocenters. The van der Waals surface area contributed by atoms with Crippen molar-refractivity contribution in [2.45, 2.75) is 20.4 Å². The molecule has 0 aliphatic heterocycles. The number of hydrogen-bond acceptors (Lipinski definition) is 4. The van der Waals surface area contributed by atoms with Crippen molar-refractivity contribution in [2.24, 2.45) is 0 Å². The van der Waals surface area contributed by atoms with Crippen molar-refractivity contribution in [1.82, 2.24) is 24.8 Å². The molecule has 0 aromatic carbocycles. The van der Waals surface area contributed by atoms with Crippen LogP contribution >= 0.6 is 0 Å². The van der Waals surface area contributed by atoms with Crippen LogP contribution in [0.15, 0.2) is 47.9 Å². The van der Waals surface area contributed by atoms with Crippen LogP contribution in [-0.2, 0) is 6.54 Å². The van der Waals surface area contributed by atoms with Crippen LogP contribution in [0.2, 0.25) is 0 Å². The molecule has 0 saturated heterocycles. The first-order valence-corrected chi connectivity index (χ1v) is 7.46. The zero-order valence-corrected chi connectivity index (χ0v) is 13.4. The second kappa shape index (κ2) is 6.49. The first-order valence-electron chi connectivity index (χ1n) is 7.46. The first kappa shape index (κ1) is 15.7. The summed E-state index contributed by atoms with van der Waals surface area (Å²) in [6.07, 6.45) is 6.56. The van der Waals surface area contributed by atoms with Crippen LogP contribution in [0.3, 0.4) is 0 Å². The minimum Gasteiger partial charge on any atom is -0.348 e. The molecule has 3 heterocycles. The molecule has 3 aromatic heterocycles. The highest BCUT2D eigenvalue weighted by Gasteiger charge is 2.10. The minimum atomic E-state index is -0.266. The lowest BCUT2D eigenvalue weighted by molar-refractivity contribution is 0.0950. The molecule has 0 saturated carbocycles. The molecule has 0 radical (unpaired) electrons. The molecule has 0 unspecified atom stereocenters. The number of rotatable bonds is 4. The monoisotopic (exact) mass is 323 g/mol. The topological polar surface area (TPSA) is 92.7 Å². The van der Waals surface area contributed by atoms with E-state index in [1.165, 1.54) is 0 Å². The third-order valence-corrected chi connectivity index (χ3v) is 3.70. The summed E-state index contributed by atoms with van der Waals surface area (Å²) in [6, 6.07) is 5.18. The molecule has 7 heteroatoms. The van der Waals surface area contributed by atoms with Crippen LogP contribution in [0.25, 0.3) is 5.82 Å². The van der Waals surface area contributed by atoms with E-state index in [-0.39, 0.29) is 18.0 Å². The van der Waals surface area contributed by atoms with Crippen molar-refractivity contribution in [3.63, 3.8) is 0 Å². The highest BCUT2D eigenvalue weighted by molar-refractivity contribution is 5.94. The number of H-pyrrole nitrogens is 1. The summed E-state index contributed by atoms with van der Waals surface area (Å²) in [6.45, 7) is 3.85. The predicted molar refractivity (Wildman–Crippen MR) is 89.1 cm³/mol. The molecule has 1 amide bonds. The van der Waals surface area contributed by atoms with Crippen LogP contribution in [0.4, 0.5) is 0 Å². The SMILES string of the molecule is Cc1cc(C)c(CNC(=O)c2ccnc(-n3ccnc3)c2)c(=O)[nH]1. The Morgan fingerprint density at radius 1 is 1.29 bits per heavy atom. The van der Waals surface area contributed by atoms with Crippen LogP contribution in [0.1, 0.15) is 27.2 Å². The van der Waals surface area contributed by atoms with E-state index in [1.807, 2.05) is 19.9 Å². The third kappa shape index (κ3) is 3.24. The Labute approximate surface area is 138 Å². The van der Waals surface area contributed by atoms with E-state index in [2.05, 4.69) is 20.3 Å².